The summed E-state index contributed by atoms with van der Waals surface area (Å²) in [6.45, 7) is 2.13. The molecule has 0 aliphatic carbocycles. The van der Waals surface area contributed by atoms with E-state index >= 15 is 0 Å². The van der Waals surface area contributed by atoms with E-state index in [4.69, 9.17) is 5.73 Å². The second-order valence-electron chi connectivity index (χ2n) is 4.72. The summed E-state index contributed by atoms with van der Waals surface area (Å²) < 4.78 is 38.0. The normalized spacial score (nSPS) is 22.1. The molecular weight excluding hydrogens is 241 g/mol. The summed E-state index contributed by atoms with van der Waals surface area (Å²) in [4.78, 5) is 0. The van der Waals surface area contributed by atoms with Crippen LogP contribution in [0.3, 0.4) is 0 Å². The highest BCUT2D eigenvalue weighted by Gasteiger charge is 2.32. The molecule has 2 rings (SSSR count). The van der Waals surface area contributed by atoms with E-state index in [-0.39, 0.29) is 5.92 Å². The Kier molecular flexibility index (Phi) is 3.92. The van der Waals surface area contributed by atoms with E-state index in [1.54, 1.807) is 6.07 Å². The smallest absolute Gasteiger partial charge is 0.330 e. The van der Waals surface area contributed by atoms with Crippen molar-refractivity contribution in [1.29, 1.82) is 0 Å². The van der Waals surface area contributed by atoms with Crippen LogP contribution in [0.15, 0.2) is 24.3 Å². The van der Waals surface area contributed by atoms with Crippen molar-refractivity contribution in [3.05, 3.63) is 35.4 Å². The van der Waals surface area contributed by atoms with Gasteiger partial charge in [-0.3, -0.25) is 0 Å². The number of benzene rings is 1. The van der Waals surface area contributed by atoms with E-state index in [0.29, 0.717) is 18.0 Å². The SMILES string of the molecule is NCC(c1cccc(C(F)(F)F)c1)C1CCNC1. The molecule has 2 atom stereocenters. The molecular formula is C13H17F3N2. The van der Waals surface area contributed by atoms with Gasteiger partial charge in [-0.1, -0.05) is 18.2 Å². The standard InChI is InChI=1S/C13H17F3N2/c14-13(15,16)11-3-1-2-9(6-11)12(7-17)10-4-5-18-8-10/h1-3,6,10,12,18H,4-5,7-8,17H2. The van der Waals surface area contributed by atoms with Crippen molar-refractivity contribution in [1.82, 2.24) is 5.32 Å². The predicted molar refractivity (Wildman–Crippen MR) is 64.2 cm³/mol. The minimum Gasteiger partial charge on any atom is -0.330 e. The van der Waals surface area contributed by atoms with Crippen LogP contribution in [-0.2, 0) is 6.18 Å². The van der Waals surface area contributed by atoms with Gasteiger partial charge in [-0.05, 0) is 43.6 Å². The quantitative estimate of drug-likeness (QED) is 0.873. The van der Waals surface area contributed by atoms with Crippen LogP contribution in [0.25, 0.3) is 0 Å². The molecule has 1 heterocycles. The van der Waals surface area contributed by atoms with Gasteiger partial charge in [0.1, 0.15) is 0 Å². The van der Waals surface area contributed by atoms with Crippen LogP contribution in [-0.4, -0.2) is 19.6 Å². The second kappa shape index (κ2) is 5.28. The zero-order chi connectivity index (χ0) is 13.2. The number of nitrogens with two attached hydrogens (primary N) is 1. The zero-order valence-corrected chi connectivity index (χ0v) is 10.0. The summed E-state index contributed by atoms with van der Waals surface area (Å²) in [5.41, 5.74) is 5.84. The fraction of sp³-hybridized carbons (Fsp3) is 0.538. The van der Waals surface area contributed by atoms with E-state index in [0.717, 1.165) is 25.6 Å². The maximum Gasteiger partial charge on any atom is 0.416 e. The molecule has 18 heavy (non-hydrogen) atoms. The average molecular weight is 258 g/mol. The first-order chi connectivity index (χ1) is 8.52. The van der Waals surface area contributed by atoms with Crippen molar-refractivity contribution in [2.75, 3.05) is 19.6 Å². The highest BCUT2D eigenvalue weighted by molar-refractivity contribution is 5.29. The molecule has 0 spiro atoms. The molecule has 0 bridgehead atoms. The molecule has 0 radical (unpaired) electrons. The maximum absolute atomic E-state index is 12.7. The van der Waals surface area contributed by atoms with Crippen LogP contribution < -0.4 is 11.1 Å². The van der Waals surface area contributed by atoms with Gasteiger partial charge >= 0.3 is 6.18 Å². The number of hydrogen-bond donors (Lipinski definition) is 2. The molecule has 3 N–H and O–H groups in total. The van der Waals surface area contributed by atoms with Crippen LogP contribution in [0.1, 0.15) is 23.5 Å². The van der Waals surface area contributed by atoms with E-state index in [1.165, 1.54) is 12.1 Å². The summed E-state index contributed by atoms with van der Waals surface area (Å²) in [6.07, 6.45) is -3.32. The maximum atomic E-state index is 12.7. The molecule has 5 heteroatoms. The van der Waals surface area contributed by atoms with Crippen molar-refractivity contribution >= 4 is 0 Å². The van der Waals surface area contributed by atoms with E-state index in [2.05, 4.69) is 5.32 Å². The molecule has 1 saturated heterocycles. The Labute approximate surface area is 104 Å². The Morgan fingerprint density at radius 1 is 1.39 bits per heavy atom. The number of halogens is 3. The topological polar surface area (TPSA) is 38.0 Å². The van der Waals surface area contributed by atoms with Crippen LogP contribution in [0, 0.1) is 5.92 Å². The molecule has 0 saturated carbocycles. The zero-order valence-electron chi connectivity index (χ0n) is 10.0. The first-order valence-corrected chi connectivity index (χ1v) is 6.10. The summed E-state index contributed by atoms with van der Waals surface area (Å²) in [6, 6.07) is 5.54. The van der Waals surface area contributed by atoms with Gasteiger partial charge in [0.05, 0.1) is 5.56 Å². The second-order valence-corrected chi connectivity index (χ2v) is 4.72. The highest BCUT2D eigenvalue weighted by atomic mass is 19.4. The Morgan fingerprint density at radius 3 is 2.72 bits per heavy atom. The largest absolute Gasteiger partial charge is 0.416 e. The lowest BCUT2D eigenvalue weighted by molar-refractivity contribution is -0.137. The van der Waals surface area contributed by atoms with Crippen molar-refractivity contribution in [2.24, 2.45) is 11.7 Å². The minimum atomic E-state index is -4.29. The average Bonchev–Trinajstić information content (AvgIpc) is 2.83. The van der Waals surface area contributed by atoms with Gasteiger partial charge in [0.25, 0.3) is 0 Å². The lowest BCUT2D eigenvalue weighted by Gasteiger charge is -2.22. The first-order valence-electron chi connectivity index (χ1n) is 6.10. The van der Waals surface area contributed by atoms with Crippen molar-refractivity contribution in [3.8, 4) is 0 Å². The molecule has 100 valence electrons. The highest BCUT2D eigenvalue weighted by Crippen LogP contribution is 2.34. The molecule has 0 amide bonds. The summed E-state index contributed by atoms with van der Waals surface area (Å²) in [5, 5.41) is 3.22. The Bertz CT molecular complexity index is 397. The molecule has 2 unspecified atom stereocenters. The van der Waals surface area contributed by atoms with Crippen LogP contribution in [0.5, 0.6) is 0 Å². The predicted octanol–water partition coefficient (Wildman–Crippen LogP) is 2.36. The number of nitrogens with one attached hydrogen (secondary N) is 1. The van der Waals surface area contributed by atoms with E-state index < -0.39 is 11.7 Å². The molecule has 1 fully saturated rings. The van der Waals surface area contributed by atoms with Crippen molar-refractivity contribution in [2.45, 2.75) is 18.5 Å². The molecule has 1 aliphatic heterocycles. The fourth-order valence-electron chi connectivity index (χ4n) is 2.57. The summed E-state index contributed by atoms with van der Waals surface area (Å²) in [5.74, 6) is 0.334. The fourth-order valence-corrected chi connectivity index (χ4v) is 2.57. The van der Waals surface area contributed by atoms with Crippen LogP contribution >= 0.6 is 0 Å². The Hall–Kier alpha value is -1.07. The Balaban J connectivity index is 2.25. The monoisotopic (exact) mass is 258 g/mol. The van der Waals surface area contributed by atoms with Gasteiger partial charge in [-0.2, -0.15) is 13.2 Å². The van der Waals surface area contributed by atoms with Gasteiger partial charge < -0.3 is 11.1 Å². The van der Waals surface area contributed by atoms with E-state index in [9.17, 15) is 13.2 Å². The van der Waals surface area contributed by atoms with Crippen molar-refractivity contribution in [3.63, 3.8) is 0 Å². The first kappa shape index (κ1) is 13.4. The van der Waals surface area contributed by atoms with Gasteiger partial charge in [0.2, 0.25) is 0 Å². The lowest BCUT2D eigenvalue weighted by Crippen LogP contribution is -2.24. The molecule has 1 aromatic rings. The third-order valence-corrected chi connectivity index (χ3v) is 3.56. The minimum absolute atomic E-state index is 0.00213. The summed E-state index contributed by atoms with van der Waals surface area (Å²) >= 11 is 0. The third kappa shape index (κ3) is 2.84. The van der Waals surface area contributed by atoms with Crippen LogP contribution in [0.2, 0.25) is 0 Å². The molecule has 2 nitrogen and oxygen atoms in total. The van der Waals surface area contributed by atoms with Gasteiger partial charge in [-0.25, -0.2) is 0 Å². The van der Waals surface area contributed by atoms with E-state index in [1.807, 2.05) is 0 Å². The lowest BCUT2D eigenvalue weighted by atomic mass is 9.85. The van der Waals surface area contributed by atoms with Gasteiger partial charge in [0.15, 0.2) is 0 Å². The number of rotatable bonds is 3. The van der Waals surface area contributed by atoms with Crippen LogP contribution in [0.4, 0.5) is 13.2 Å². The molecule has 1 aliphatic rings. The van der Waals surface area contributed by atoms with Gasteiger partial charge in [-0.15, -0.1) is 0 Å². The Morgan fingerprint density at radius 2 is 2.17 bits per heavy atom. The third-order valence-electron chi connectivity index (χ3n) is 3.56. The molecule has 0 aromatic heterocycles. The summed E-state index contributed by atoms with van der Waals surface area (Å²) in [7, 11) is 0. The molecule has 1 aromatic carbocycles. The number of alkyl halides is 3. The number of hydrogen-bond acceptors (Lipinski definition) is 2. The van der Waals surface area contributed by atoms with Gasteiger partial charge in [0, 0.05) is 5.92 Å². The van der Waals surface area contributed by atoms with Crippen molar-refractivity contribution < 1.29 is 13.2 Å².